The molecule has 26 heavy (non-hydrogen) atoms. The zero-order chi connectivity index (χ0) is 18.1. The van der Waals surface area contributed by atoms with E-state index in [0.717, 1.165) is 31.4 Å². The van der Waals surface area contributed by atoms with Crippen LogP contribution in [0.3, 0.4) is 0 Å². The molecule has 140 valence electrons. The maximum atomic E-state index is 12.6. The van der Waals surface area contributed by atoms with Crippen LogP contribution in [-0.4, -0.2) is 41.6 Å². The summed E-state index contributed by atoms with van der Waals surface area (Å²) in [6.45, 7) is 0.631. The van der Waals surface area contributed by atoms with Gasteiger partial charge in [0.2, 0.25) is 5.88 Å². The van der Waals surface area contributed by atoms with Crippen LogP contribution in [-0.2, 0) is 9.53 Å². The molecule has 1 heterocycles. The van der Waals surface area contributed by atoms with Crippen LogP contribution < -0.4 is 10.1 Å². The molecule has 0 spiro atoms. The maximum Gasteiger partial charge on any atom is 0.328 e. The van der Waals surface area contributed by atoms with Crippen LogP contribution in [0.1, 0.15) is 67.0 Å². The van der Waals surface area contributed by atoms with E-state index >= 15 is 0 Å². The fraction of sp³-hybridized carbons (Fsp3) is 0.684. The molecule has 4 rings (SSSR count). The number of methoxy groups -OCH3 is 1. The number of hydrogen-bond donors (Lipinski definition) is 1. The van der Waals surface area contributed by atoms with E-state index in [-0.39, 0.29) is 5.69 Å². The molecule has 0 aromatic carbocycles. The van der Waals surface area contributed by atoms with Crippen molar-refractivity contribution in [2.75, 3.05) is 13.7 Å². The Kier molecular flexibility index (Phi) is 4.78. The summed E-state index contributed by atoms with van der Waals surface area (Å²) >= 11 is 0. The SMILES string of the molecule is COC(=O)[C@H](CC1CC1)NC(=O)c1cnc(C2CC2)c(OCC2CC2)n1. The number of ether oxygens (including phenoxy) is 2. The lowest BCUT2D eigenvalue weighted by atomic mass is 10.1. The van der Waals surface area contributed by atoms with Gasteiger partial charge in [-0.3, -0.25) is 9.78 Å². The number of hydrogen-bond acceptors (Lipinski definition) is 6. The Hall–Kier alpha value is -2.18. The van der Waals surface area contributed by atoms with Crippen molar-refractivity contribution >= 4 is 11.9 Å². The molecule has 7 nitrogen and oxygen atoms in total. The Bertz CT molecular complexity index is 696. The molecule has 3 aliphatic rings. The van der Waals surface area contributed by atoms with Crippen molar-refractivity contribution in [3.8, 4) is 5.88 Å². The first-order valence-corrected chi connectivity index (χ1v) is 9.52. The van der Waals surface area contributed by atoms with E-state index in [1.54, 1.807) is 0 Å². The Balaban J connectivity index is 1.46. The Morgan fingerprint density at radius 2 is 1.92 bits per heavy atom. The molecular weight excluding hydrogens is 334 g/mol. The summed E-state index contributed by atoms with van der Waals surface area (Å²) in [5, 5.41) is 2.75. The van der Waals surface area contributed by atoms with E-state index in [1.165, 1.54) is 26.1 Å². The van der Waals surface area contributed by atoms with Gasteiger partial charge in [0.15, 0.2) is 5.69 Å². The van der Waals surface area contributed by atoms with Crippen molar-refractivity contribution in [2.24, 2.45) is 11.8 Å². The minimum atomic E-state index is -0.638. The number of aromatic nitrogens is 2. The van der Waals surface area contributed by atoms with E-state index in [4.69, 9.17) is 9.47 Å². The minimum absolute atomic E-state index is 0.185. The van der Waals surface area contributed by atoms with Crippen LogP contribution in [0, 0.1) is 11.8 Å². The summed E-state index contributed by atoms with van der Waals surface area (Å²) in [7, 11) is 1.34. The van der Waals surface area contributed by atoms with Crippen LogP contribution in [0.15, 0.2) is 6.20 Å². The average Bonchev–Trinajstić information content (AvgIpc) is 3.48. The molecule has 3 aliphatic carbocycles. The predicted molar refractivity (Wildman–Crippen MR) is 92.8 cm³/mol. The average molecular weight is 359 g/mol. The van der Waals surface area contributed by atoms with E-state index in [0.29, 0.717) is 36.7 Å². The predicted octanol–water partition coefficient (Wildman–Crippen LogP) is 2.21. The molecule has 1 amide bonds. The van der Waals surface area contributed by atoms with Crippen molar-refractivity contribution in [1.29, 1.82) is 0 Å². The van der Waals surface area contributed by atoms with Crippen molar-refractivity contribution in [3.05, 3.63) is 17.6 Å². The van der Waals surface area contributed by atoms with E-state index in [1.807, 2.05) is 0 Å². The smallest absolute Gasteiger partial charge is 0.328 e. The van der Waals surface area contributed by atoms with Crippen LogP contribution in [0.4, 0.5) is 0 Å². The lowest BCUT2D eigenvalue weighted by Gasteiger charge is -2.16. The fourth-order valence-electron chi connectivity index (χ4n) is 2.99. The molecule has 1 N–H and O–H groups in total. The molecule has 0 radical (unpaired) electrons. The number of amides is 1. The topological polar surface area (TPSA) is 90.4 Å². The van der Waals surface area contributed by atoms with Crippen molar-refractivity contribution in [2.45, 2.75) is 56.9 Å². The van der Waals surface area contributed by atoms with E-state index in [2.05, 4.69) is 15.3 Å². The monoisotopic (exact) mass is 359 g/mol. The first-order chi connectivity index (χ1) is 12.6. The second-order valence-electron chi connectivity index (χ2n) is 7.70. The van der Waals surface area contributed by atoms with Gasteiger partial charge in [0.05, 0.1) is 19.9 Å². The normalized spacial score (nSPS) is 20.3. The summed E-state index contributed by atoms with van der Waals surface area (Å²) in [4.78, 5) is 33.4. The molecule has 0 unspecified atom stereocenters. The molecule has 1 atom stereocenters. The first-order valence-electron chi connectivity index (χ1n) is 9.52. The van der Waals surface area contributed by atoms with Gasteiger partial charge in [-0.25, -0.2) is 9.78 Å². The number of carbonyl (C=O) groups is 2. The Morgan fingerprint density at radius 1 is 1.19 bits per heavy atom. The number of nitrogens with zero attached hydrogens (tertiary/aromatic N) is 2. The highest BCUT2D eigenvalue weighted by Crippen LogP contribution is 2.43. The van der Waals surface area contributed by atoms with Gasteiger partial charge >= 0.3 is 5.97 Å². The molecule has 1 aromatic rings. The van der Waals surface area contributed by atoms with Crippen LogP contribution in [0.2, 0.25) is 0 Å². The molecule has 0 saturated heterocycles. The van der Waals surface area contributed by atoms with Crippen LogP contribution in [0.25, 0.3) is 0 Å². The first kappa shape index (κ1) is 17.2. The van der Waals surface area contributed by atoms with Gasteiger partial charge < -0.3 is 14.8 Å². The number of esters is 1. The van der Waals surface area contributed by atoms with Crippen molar-refractivity contribution in [3.63, 3.8) is 0 Å². The highest BCUT2D eigenvalue weighted by molar-refractivity contribution is 5.95. The summed E-state index contributed by atoms with van der Waals surface area (Å²) < 4.78 is 10.7. The maximum absolute atomic E-state index is 12.6. The van der Waals surface area contributed by atoms with Gasteiger partial charge in [0.25, 0.3) is 5.91 Å². The number of rotatable bonds is 9. The van der Waals surface area contributed by atoms with Crippen molar-refractivity contribution < 1.29 is 19.1 Å². The van der Waals surface area contributed by atoms with Gasteiger partial charge in [-0.15, -0.1) is 0 Å². The van der Waals surface area contributed by atoms with Gasteiger partial charge in [0.1, 0.15) is 11.7 Å². The third-order valence-electron chi connectivity index (χ3n) is 5.17. The fourth-order valence-corrected chi connectivity index (χ4v) is 2.99. The lowest BCUT2D eigenvalue weighted by molar-refractivity contribution is -0.143. The molecule has 3 saturated carbocycles. The largest absolute Gasteiger partial charge is 0.476 e. The lowest BCUT2D eigenvalue weighted by Crippen LogP contribution is -2.42. The van der Waals surface area contributed by atoms with Crippen molar-refractivity contribution in [1.82, 2.24) is 15.3 Å². The summed E-state index contributed by atoms with van der Waals surface area (Å²) in [6.07, 6.45) is 8.84. The molecular formula is C19H25N3O4. The van der Waals surface area contributed by atoms with Gasteiger partial charge in [-0.05, 0) is 43.9 Å². The molecule has 0 aliphatic heterocycles. The van der Waals surface area contributed by atoms with Gasteiger partial charge in [-0.1, -0.05) is 12.8 Å². The molecule has 3 fully saturated rings. The number of nitrogens with one attached hydrogen (secondary N) is 1. The number of carbonyl (C=O) groups excluding carboxylic acids is 2. The van der Waals surface area contributed by atoms with Crippen LogP contribution in [0.5, 0.6) is 5.88 Å². The molecule has 7 heteroatoms. The van der Waals surface area contributed by atoms with Gasteiger partial charge in [-0.2, -0.15) is 0 Å². The minimum Gasteiger partial charge on any atom is -0.476 e. The summed E-state index contributed by atoms with van der Waals surface area (Å²) in [5.41, 5.74) is 1.04. The molecule has 1 aromatic heterocycles. The Morgan fingerprint density at radius 3 is 2.54 bits per heavy atom. The third-order valence-corrected chi connectivity index (χ3v) is 5.17. The second-order valence-corrected chi connectivity index (χ2v) is 7.70. The van der Waals surface area contributed by atoms with E-state index in [9.17, 15) is 9.59 Å². The summed E-state index contributed by atoms with van der Waals surface area (Å²) in [6, 6.07) is -0.638. The molecule has 0 bridgehead atoms. The second kappa shape index (κ2) is 7.21. The Labute approximate surface area is 152 Å². The zero-order valence-electron chi connectivity index (χ0n) is 15.1. The zero-order valence-corrected chi connectivity index (χ0v) is 15.1. The highest BCUT2D eigenvalue weighted by atomic mass is 16.5. The van der Waals surface area contributed by atoms with Crippen LogP contribution >= 0.6 is 0 Å². The quantitative estimate of drug-likeness (QED) is 0.680. The van der Waals surface area contributed by atoms with E-state index < -0.39 is 17.9 Å². The summed E-state index contributed by atoms with van der Waals surface area (Å²) in [5.74, 6) is 1.13. The van der Waals surface area contributed by atoms with Gasteiger partial charge in [0, 0.05) is 5.92 Å². The highest BCUT2D eigenvalue weighted by Gasteiger charge is 2.33. The third kappa shape index (κ3) is 4.31. The standard InChI is InChI=1S/C19H25N3O4/c1-25-19(24)14(8-11-2-3-11)21-17(23)15-9-20-16(13-6-7-13)18(22-15)26-10-12-4-5-12/h9,11-14H,2-8,10H2,1H3,(H,21,23)/t14-/m0/s1.